The van der Waals surface area contributed by atoms with Crippen molar-refractivity contribution in [1.82, 2.24) is 25.2 Å². The van der Waals surface area contributed by atoms with Crippen molar-refractivity contribution in [3.8, 4) is 5.69 Å². The third-order valence-corrected chi connectivity index (χ3v) is 6.43. The number of thiophene rings is 1. The van der Waals surface area contributed by atoms with Gasteiger partial charge in [-0.2, -0.15) is 9.78 Å². The zero-order valence-corrected chi connectivity index (χ0v) is 17.3. The third-order valence-electron chi connectivity index (χ3n) is 4.61. The van der Waals surface area contributed by atoms with E-state index in [4.69, 9.17) is 4.42 Å². The van der Waals surface area contributed by atoms with Gasteiger partial charge in [-0.15, -0.1) is 16.4 Å². The van der Waals surface area contributed by atoms with Crippen LogP contribution in [0.2, 0.25) is 0 Å². The molecule has 1 aliphatic heterocycles. The summed E-state index contributed by atoms with van der Waals surface area (Å²) >= 11 is 2.89. The number of para-hydroxylation sites is 1. The minimum atomic E-state index is -0.254. The van der Waals surface area contributed by atoms with Crippen molar-refractivity contribution in [2.24, 2.45) is 5.10 Å². The van der Waals surface area contributed by atoms with E-state index in [1.807, 2.05) is 60.0 Å². The van der Waals surface area contributed by atoms with Crippen molar-refractivity contribution in [2.75, 3.05) is 5.75 Å². The standard InChI is InChI=1S/C20H16N6O2S2/c27-19(13-30-20-21-23-24-25(20)14-6-2-1-3-7-14)26-16(17-8-4-10-28-17)12-15(22-26)18-9-5-11-29-18/h1-11,16H,12-13H2. The first-order valence-electron chi connectivity index (χ1n) is 9.23. The SMILES string of the molecule is O=C(CSc1nnnn1-c1ccccc1)N1N=C(c2cccs2)CC1c1ccco1. The minimum Gasteiger partial charge on any atom is -0.467 e. The van der Waals surface area contributed by atoms with Crippen LogP contribution in [0, 0.1) is 0 Å². The van der Waals surface area contributed by atoms with E-state index in [9.17, 15) is 4.79 Å². The lowest BCUT2D eigenvalue weighted by Gasteiger charge is -2.19. The van der Waals surface area contributed by atoms with Gasteiger partial charge in [0.05, 0.1) is 28.3 Å². The van der Waals surface area contributed by atoms with Gasteiger partial charge in [-0.25, -0.2) is 5.01 Å². The Morgan fingerprint density at radius 1 is 1.17 bits per heavy atom. The van der Waals surface area contributed by atoms with Crippen LogP contribution in [-0.2, 0) is 4.79 Å². The van der Waals surface area contributed by atoms with Gasteiger partial charge in [0.25, 0.3) is 5.91 Å². The summed E-state index contributed by atoms with van der Waals surface area (Å²) in [6.07, 6.45) is 2.23. The van der Waals surface area contributed by atoms with E-state index in [-0.39, 0.29) is 17.7 Å². The summed E-state index contributed by atoms with van der Waals surface area (Å²) in [4.78, 5) is 14.1. The molecule has 0 saturated heterocycles. The Bertz CT molecular complexity index is 1160. The number of hydrogen-bond donors (Lipinski definition) is 0. The number of carbonyl (C=O) groups excluding carboxylic acids is 1. The van der Waals surface area contributed by atoms with Gasteiger partial charge in [0.15, 0.2) is 0 Å². The number of amides is 1. The van der Waals surface area contributed by atoms with Crippen LogP contribution in [0.1, 0.15) is 23.1 Å². The predicted molar refractivity (Wildman–Crippen MR) is 114 cm³/mol. The third kappa shape index (κ3) is 3.66. The van der Waals surface area contributed by atoms with Crippen LogP contribution in [0.4, 0.5) is 0 Å². The van der Waals surface area contributed by atoms with Gasteiger partial charge in [-0.3, -0.25) is 4.79 Å². The topological polar surface area (TPSA) is 89.4 Å². The summed E-state index contributed by atoms with van der Waals surface area (Å²) in [5.41, 5.74) is 1.73. The van der Waals surface area contributed by atoms with Gasteiger partial charge in [0, 0.05) is 6.42 Å². The first-order valence-corrected chi connectivity index (χ1v) is 11.1. The molecule has 0 saturated carbocycles. The molecule has 150 valence electrons. The zero-order chi connectivity index (χ0) is 20.3. The highest BCUT2D eigenvalue weighted by Gasteiger charge is 2.35. The molecule has 0 aliphatic carbocycles. The number of furan rings is 1. The van der Waals surface area contributed by atoms with Crippen molar-refractivity contribution in [3.63, 3.8) is 0 Å². The molecule has 0 radical (unpaired) electrons. The Labute approximate surface area is 180 Å². The molecule has 4 heterocycles. The number of tetrazole rings is 1. The molecule has 1 aromatic carbocycles. The largest absolute Gasteiger partial charge is 0.467 e. The van der Waals surface area contributed by atoms with E-state index < -0.39 is 0 Å². The summed E-state index contributed by atoms with van der Waals surface area (Å²) in [6.45, 7) is 0. The lowest BCUT2D eigenvalue weighted by Crippen LogP contribution is -2.28. The number of hydrazone groups is 1. The maximum atomic E-state index is 13.1. The molecular formula is C20H16N6O2S2. The number of thioether (sulfide) groups is 1. The van der Waals surface area contributed by atoms with E-state index in [2.05, 4.69) is 20.6 Å². The van der Waals surface area contributed by atoms with Crippen LogP contribution in [0.5, 0.6) is 0 Å². The van der Waals surface area contributed by atoms with E-state index in [1.165, 1.54) is 16.8 Å². The second-order valence-corrected chi connectivity index (χ2v) is 8.39. The molecule has 0 N–H and O–H groups in total. The molecule has 1 unspecified atom stereocenters. The van der Waals surface area contributed by atoms with Crippen LogP contribution in [-0.4, -0.2) is 42.6 Å². The molecule has 4 aromatic rings. The van der Waals surface area contributed by atoms with Crippen LogP contribution < -0.4 is 0 Å². The van der Waals surface area contributed by atoms with Gasteiger partial charge in [0.2, 0.25) is 5.16 Å². The summed E-state index contributed by atoms with van der Waals surface area (Å²) in [6, 6.07) is 17.0. The molecule has 1 amide bonds. The van der Waals surface area contributed by atoms with Crippen molar-refractivity contribution >= 4 is 34.7 Å². The predicted octanol–water partition coefficient (Wildman–Crippen LogP) is 3.79. The lowest BCUT2D eigenvalue weighted by atomic mass is 10.1. The smallest absolute Gasteiger partial charge is 0.253 e. The van der Waals surface area contributed by atoms with Gasteiger partial charge in [0.1, 0.15) is 11.8 Å². The van der Waals surface area contributed by atoms with E-state index in [1.54, 1.807) is 22.3 Å². The molecular weight excluding hydrogens is 420 g/mol. The van der Waals surface area contributed by atoms with E-state index in [0.29, 0.717) is 11.6 Å². The highest BCUT2D eigenvalue weighted by molar-refractivity contribution is 7.99. The van der Waals surface area contributed by atoms with Crippen LogP contribution in [0.3, 0.4) is 0 Å². The first-order chi connectivity index (χ1) is 14.8. The number of aromatic nitrogens is 4. The molecule has 1 atom stereocenters. The molecule has 0 spiro atoms. The second-order valence-electron chi connectivity index (χ2n) is 6.50. The molecule has 0 fully saturated rings. The highest BCUT2D eigenvalue weighted by Crippen LogP contribution is 2.34. The quantitative estimate of drug-likeness (QED) is 0.427. The maximum Gasteiger partial charge on any atom is 0.253 e. The number of rotatable bonds is 6. The van der Waals surface area contributed by atoms with Crippen molar-refractivity contribution in [1.29, 1.82) is 0 Å². The lowest BCUT2D eigenvalue weighted by molar-refractivity contribution is -0.130. The van der Waals surface area contributed by atoms with Crippen LogP contribution >= 0.6 is 23.1 Å². The highest BCUT2D eigenvalue weighted by atomic mass is 32.2. The molecule has 3 aromatic heterocycles. The summed E-state index contributed by atoms with van der Waals surface area (Å²) < 4.78 is 7.20. The molecule has 5 rings (SSSR count). The molecule has 0 bridgehead atoms. The minimum absolute atomic E-state index is 0.129. The van der Waals surface area contributed by atoms with Crippen molar-refractivity contribution in [2.45, 2.75) is 17.6 Å². The van der Waals surface area contributed by atoms with Gasteiger partial charge >= 0.3 is 0 Å². The molecule has 1 aliphatic rings. The van der Waals surface area contributed by atoms with Gasteiger partial charge in [-0.1, -0.05) is 36.0 Å². The van der Waals surface area contributed by atoms with Crippen LogP contribution in [0.15, 0.2) is 80.9 Å². The Morgan fingerprint density at radius 3 is 2.83 bits per heavy atom. The fourth-order valence-electron chi connectivity index (χ4n) is 3.23. The Balaban J connectivity index is 1.35. The Kier molecular flexibility index (Phi) is 5.16. The molecule has 8 nitrogen and oxygen atoms in total. The van der Waals surface area contributed by atoms with Crippen molar-refractivity contribution in [3.05, 3.63) is 76.9 Å². The maximum absolute atomic E-state index is 13.1. The number of carbonyl (C=O) groups is 1. The first kappa shape index (κ1) is 18.8. The second kappa shape index (κ2) is 8.25. The normalized spacial score (nSPS) is 16.1. The van der Waals surface area contributed by atoms with Crippen LogP contribution in [0.25, 0.3) is 5.69 Å². The Morgan fingerprint density at radius 2 is 2.07 bits per heavy atom. The average Bonchev–Trinajstić information content (AvgIpc) is 3.57. The molecule has 10 heteroatoms. The van der Waals surface area contributed by atoms with Gasteiger partial charge < -0.3 is 4.42 Å². The summed E-state index contributed by atoms with van der Waals surface area (Å²) in [5, 5.41) is 20.5. The Hall–Kier alpha value is -3.24. The van der Waals surface area contributed by atoms with E-state index in [0.717, 1.165) is 22.0 Å². The summed E-state index contributed by atoms with van der Waals surface area (Å²) in [7, 11) is 0. The van der Waals surface area contributed by atoms with Crippen molar-refractivity contribution < 1.29 is 9.21 Å². The zero-order valence-electron chi connectivity index (χ0n) is 15.7. The number of hydrogen-bond acceptors (Lipinski definition) is 8. The summed E-state index contributed by atoms with van der Waals surface area (Å²) in [5.74, 6) is 0.749. The van der Waals surface area contributed by atoms with Gasteiger partial charge in [-0.05, 0) is 46.1 Å². The van der Waals surface area contributed by atoms with E-state index >= 15 is 0 Å². The number of nitrogens with zero attached hydrogens (tertiary/aromatic N) is 6. The average molecular weight is 437 g/mol. The fraction of sp³-hybridized carbons (Fsp3) is 0.150. The molecule has 30 heavy (non-hydrogen) atoms. The number of benzene rings is 1. The fourth-order valence-corrected chi connectivity index (χ4v) is 4.69. The monoisotopic (exact) mass is 436 g/mol.